The van der Waals surface area contributed by atoms with Crippen molar-refractivity contribution in [2.75, 3.05) is 47.5 Å². The van der Waals surface area contributed by atoms with Gasteiger partial charge in [0.05, 0.1) is 33.9 Å². The van der Waals surface area contributed by atoms with Crippen LogP contribution in [0.2, 0.25) is 0 Å². The van der Waals surface area contributed by atoms with Crippen LogP contribution in [0, 0.1) is 0 Å². The lowest BCUT2D eigenvalue weighted by Crippen LogP contribution is -2.37. The molecule has 0 aromatic heterocycles. The number of carbonyl (C=O) groups is 2. The predicted molar refractivity (Wildman–Crippen MR) is 235 cm³/mol. The van der Waals surface area contributed by atoms with Gasteiger partial charge in [-0.05, 0) is 64.2 Å². The van der Waals surface area contributed by atoms with E-state index in [0.29, 0.717) is 30.3 Å². The molecule has 0 saturated carbocycles. The summed E-state index contributed by atoms with van der Waals surface area (Å²) in [7, 11) is 1.41. The smallest absolute Gasteiger partial charge is 0.462 e. The quantitative estimate of drug-likeness (QED) is 0.0155. The highest BCUT2D eigenvalue weighted by molar-refractivity contribution is 7.47. The fourth-order valence-corrected chi connectivity index (χ4v) is 6.38. The molecule has 0 aliphatic heterocycles. The Labute approximate surface area is 348 Å². The first kappa shape index (κ1) is 54.7. The van der Waals surface area contributed by atoms with Crippen LogP contribution in [-0.4, -0.2) is 86.1 Å². The summed E-state index contributed by atoms with van der Waals surface area (Å²) in [6, 6.07) is 0. The van der Waals surface area contributed by atoms with Crippen molar-refractivity contribution >= 4 is 19.8 Å². The molecule has 2 N–H and O–H groups in total. The first-order chi connectivity index (χ1) is 27.4. The molecule has 0 aromatic rings. The zero-order valence-electron chi connectivity index (χ0n) is 36.7. The number of hydrogen-bond acceptors (Lipinski definition) is 8. The van der Waals surface area contributed by atoms with Crippen LogP contribution in [0.5, 0.6) is 0 Å². The molecule has 0 amide bonds. The van der Waals surface area contributed by atoms with Gasteiger partial charge in [-0.25, -0.2) is 4.57 Å². The number of quaternary nitrogens is 1. The molecule has 0 rings (SSSR count). The SMILES string of the molecule is CC/C=C/C/C=C/C=C/C(O)CCCCCCCC(=O)OC[C@H](COP(=O)(O)OCC[N+](C)(C)C)OC(=O)CCCCCCCCC/C=C\C/C=C\CCCCC. The van der Waals surface area contributed by atoms with Gasteiger partial charge < -0.3 is 24.0 Å². The maximum Gasteiger partial charge on any atom is 0.472 e. The van der Waals surface area contributed by atoms with Gasteiger partial charge in [-0.1, -0.05) is 145 Å². The number of nitrogens with zero attached hydrogens (tertiary/aromatic N) is 1. The topological polar surface area (TPSA) is 129 Å². The van der Waals surface area contributed by atoms with E-state index in [0.717, 1.165) is 70.6 Å². The number of phosphoric acid groups is 1. The normalized spacial score (nSPS) is 14.7. The minimum absolute atomic E-state index is 0.0115. The van der Waals surface area contributed by atoms with Crippen LogP contribution in [-0.2, 0) is 32.7 Å². The fraction of sp³-hybridized carbons (Fsp3) is 0.739. The minimum atomic E-state index is -4.40. The zero-order valence-corrected chi connectivity index (χ0v) is 37.6. The summed E-state index contributed by atoms with van der Waals surface area (Å²) in [6.45, 7) is 4.13. The molecule has 2 unspecified atom stereocenters. The number of rotatable bonds is 39. The number of allylic oxidation sites excluding steroid dienone is 9. The van der Waals surface area contributed by atoms with Crippen LogP contribution >= 0.6 is 7.82 Å². The lowest BCUT2D eigenvalue weighted by atomic mass is 10.1. The standard InChI is InChI=1S/C46H82NO9P/c1-6-8-10-12-14-15-16-17-18-19-20-21-22-23-25-29-34-38-46(50)56-44(42-55-57(51,52)54-40-39-47(3,4)5)41-53-45(49)37-33-30-26-28-32-36-43(48)35-31-27-24-13-11-9-7-2/h9,11,14-15,17-18,24,27,31,35,43-44,48H,6-8,10,12-13,16,19-23,25-26,28-30,32-34,36-42H2,1-5H3/p+1/b11-9+,15-14-,18-17-,27-24+,35-31+/t43?,44-/m1/s1. The molecule has 0 aliphatic rings. The molecule has 0 heterocycles. The highest BCUT2D eigenvalue weighted by Crippen LogP contribution is 2.43. The summed E-state index contributed by atoms with van der Waals surface area (Å²) in [5.74, 6) is -0.888. The van der Waals surface area contributed by atoms with Crippen LogP contribution in [0.3, 0.4) is 0 Å². The van der Waals surface area contributed by atoms with Gasteiger partial charge in [0.1, 0.15) is 19.8 Å². The Morgan fingerprint density at radius 2 is 1.21 bits per heavy atom. The summed E-state index contributed by atoms with van der Waals surface area (Å²) in [5.41, 5.74) is 0. The molecule has 0 fully saturated rings. The van der Waals surface area contributed by atoms with Gasteiger partial charge in [0, 0.05) is 12.8 Å². The number of unbranched alkanes of at least 4 members (excludes halogenated alkanes) is 14. The van der Waals surface area contributed by atoms with Gasteiger partial charge in [-0.2, -0.15) is 0 Å². The molecular formula is C46H83NO9P+. The minimum Gasteiger partial charge on any atom is -0.462 e. The maximum absolute atomic E-state index is 12.7. The summed E-state index contributed by atoms with van der Waals surface area (Å²) in [4.78, 5) is 35.4. The second-order valence-corrected chi connectivity index (χ2v) is 17.3. The van der Waals surface area contributed by atoms with Crippen LogP contribution in [0.15, 0.2) is 60.8 Å². The van der Waals surface area contributed by atoms with Gasteiger partial charge in [0.2, 0.25) is 0 Å². The third-order valence-corrected chi connectivity index (χ3v) is 10.1. The Hall–Kier alpha value is -2.33. The molecule has 57 heavy (non-hydrogen) atoms. The Bertz CT molecular complexity index is 1170. The molecule has 0 radical (unpaired) electrons. The van der Waals surface area contributed by atoms with E-state index >= 15 is 0 Å². The van der Waals surface area contributed by atoms with E-state index in [1.165, 1.54) is 44.9 Å². The van der Waals surface area contributed by atoms with E-state index < -0.39 is 38.6 Å². The average Bonchev–Trinajstić information content (AvgIpc) is 3.15. The molecule has 3 atom stereocenters. The highest BCUT2D eigenvalue weighted by atomic mass is 31.2. The lowest BCUT2D eigenvalue weighted by Gasteiger charge is -2.24. The van der Waals surface area contributed by atoms with Gasteiger partial charge in [0.25, 0.3) is 0 Å². The lowest BCUT2D eigenvalue weighted by molar-refractivity contribution is -0.870. The summed E-state index contributed by atoms with van der Waals surface area (Å²) in [6.07, 6.45) is 41.4. The van der Waals surface area contributed by atoms with Crippen molar-refractivity contribution in [1.29, 1.82) is 0 Å². The van der Waals surface area contributed by atoms with Crippen LogP contribution < -0.4 is 0 Å². The van der Waals surface area contributed by atoms with Crippen molar-refractivity contribution < 1.29 is 47.2 Å². The van der Waals surface area contributed by atoms with E-state index in [2.05, 4.69) is 56.4 Å². The molecule has 0 spiro atoms. The summed E-state index contributed by atoms with van der Waals surface area (Å²) < 4.78 is 34.2. The van der Waals surface area contributed by atoms with Gasteiger partial charge in [0.15, 0.2) is 6.10 Å². The summed E-state index contributed by atoms with van der Waals surface area (Å²) in [5, 5.41) is 10.1. The van der Waals surface area contributed by atoms with Gasteiger partial charge in [-0.3, -0.25) is 18.6 Å². The molecule has 0 aliphatic carbocycles. The predicted octanol–water partition coefficient (Wildman–Crippen LogP) is 11.4. The number of ether oxygens (including phenoxy) is 2. The number of aliphatic hydroxyl groups is 1. The van der Waals surface area contributed by atoms with Crippen molar-refractivity contribution in [1.82, 2.24) is 0 Å². The van der Waals surface area contributed by atoms with Crippen molar-refractivity contribution in [2.24, 2.45) is 0 Å². The van der Waals surface area contributed by atoms with Crippen LogP contribution in [0.1, 0.15) is 162 Å². The first-order valence-electron chi connectivity index (χ1n) is 22.1. The average molecular weight is 825 g/mol. The molecule has 0 bridgehead atoms. The fourth-order valence-electron chi connectivity index (χ4n) is 5.64. The number of likely N-dealkylation sites (N-methyl/N-ethyl adjacent to an activating group) is 1. The molecule has 0 saturated heterocycles. The number of phosphoric ester groups is 1. The number of hydrogen-bond donors (Lipinski definition) is 2. The van der Waals surface area contributed by atoms with Crippen LogP contribution in [0.4, 0.5) is 0 Å². The second kappa shape index (κ2) is 37.9. The maximum atomic E-state index is 12.7. The first-order valence-corrected chi connectivity index (χ1v) is 23.6. The monoisotopic (exact) mass is 825 g/mol. The van der Waals surface area contributed by atoms with E-state index in [-0.39, 0.29) is 26.1 Å². The Morgan fingerprint density at radius 3 is 1.84 bits per heavy atom. The number of aliphatic hydroxyl groups excluding tert-OH is 1. The Kier molecular flexibility index (Phi) is 36.4. The van der Waals surface area contributed by atoms with Crippen molar-refractivity contribution in [3.8, 4) is 0 Å². The van der Waals surface area contributed by atoms with Gasteiger partial charge >= 0.3 is 19.8 Å². The molecule has 330 valence electrons. The largest absolute Gasteiger partial charge is 0.472 e. The van der Waals surface area contributed by atoms with Crippen molar-refractivity contribution in [3.05, 3.63) is 60.8 Å². The molecule has 11 heteroatoms. The third-order valence-electron chi connectivity index (χ3n) is 9.14. The second-order valence-electron chi connectivity index (χ2n) is 15.9. The molecule has 0 aromatic carbocycles. The Balaban J connectivity index is 4.46. The Morgan fingerprint density at radius 1 is 0.649 bits per heavy atom. The third kappa shape index (κ3) is 41.6. The summed E-state index contributed by atoms with van der Waals surface area (Å²) >= 11 is 0. The van der Waals surface area contributed by atoms with E-state index in [4.69, 9.17) is 18.5 Å². The zero-order chi connectivity index (χ0) is 42.3. The van der Waals surface area contributed by atoms with E-state index in [9.17, 15) is 24.2 Å². The number of carbonyl (C=O) groups excluding carboxylic acids is 2. The van der Waals surface area contributed by atoms with Crippen molar-refractivity contribution in [2.45, 2.75) is 174 Å². The van der Waals surface area contributed by atoms with Crippen molar-refractivity contribution in [3.63, 3.8) is 0 Å². The highest BCUT2D eigenvalue weighted by Gasteiger charge is 2.27. The van der Waals surface area contributed by atoms with E-state index in [1.807, 2.05) is 39.4 Å². The number of esters is 2. The van der Waals surface area contributed by atoms with Crippen LogP contribution in [0.25, 0.3) is 0 Å². The van der Waals surface area contributed by atoms with Gasteiger partial charge in [-0.15, -0.1) is 0 Å². The molecule has 10 nitrogen and oxygen atoms in total. The van der Waals surface area contributed by atoms with E-state index in [1.54, 1.807) is 0 Å². The molecular weight excluding hydrogens is 741 g/mol.